The predicted octanol–water partition coefficient (Wildman–Crippen LogP) is 9.45. The molecule has 1 heterocycles. The second-order valence-corrected chi connectivity index (χ2v) is 11.7. The van der Waals surface area contributed by atoms with E-state index in [1.165, 1.54) is 36.8 Å². The maximum absolute atomic E-state index is 13.2. The number of unbranched alkanes of at least 4 members (excludes halogenated alkanes) is 3. The summed E-state index contributed by atoms with van der Waals surface area (Å²) in [5.74, 6) is 0.410. The summed E-state index contributed by atoms with van der Waals surface area (Å²) < 4.78 is 2.07. The summed E-state index contributed by atoms with van der Waals surface area (Å²) >= 11 is 0. The third kappa shape index (κ3) is 9.08. The molecule has 212 valence electrons. The number of Topliss-reactive ketones (excluding diaryl/α,β-unsaturated/α-hetero) is 1. The van der Waals surface area contributed by atoms with Crippen molar-refractivity contribution in [1.29, 1.82) is 0 Å². The van der Waals surface area contributed by atoms with Gasteiger partial charge < -0.3 is 9.67 Å². The van der Waals surface area contributed by atoms with Crippen molar-refractivity contribution < 1.29 is 14.7 Å². The number of nitrogens with zero attached hydrogens (tertiary/aromatic N) is 1. The van der Waals surface area contributed by atoms with Crippen molar-refractivity contribution in [1.82, 2.24) is 4.57 Å². The maximum atomic E-state index is 13.2. The second kappa shape index (κ2) is 15.6. The highest BCUT2D eigenvalue weighted by molar-refractivity contribution is 6.08. The van der Waals surface area contributed by atoms with Gasteiger partial charge in [-0.1, -0.05) is 95.8 Å². The molecular formula is C35H49NO3. The van der Waals surface area contributed by atoms with E-state index in [9.17, 15) is 14.7 Å². The van der Waals surface area contributed by atoms with Crippen molar-refractivity contribution >= 4 is 22.7 Å². The third-order valence-electron chi connectivity index (χ3n) is 8.09. The van der Waals surface area contributed by atoms with Crippen molar-refractivity contribution in [2.75, 3.05) is 0 Å². The van der Waals surface area contributed by atoms with Crippen molar-refractivity contribution in [2.24, 2.45) is 11.8 Å². The van der Waals surface area contributed by atoms with Crippen LogP contribution in [0.3, 0.4) is 0 Å². The largest absolute Gasteiger partial charge is 0.481 e. The van der Waals surface area contributed by atoms with E-state index in [1.54, 1.807) is 0 Å². The minimum atomic E-state index is -0.745. The summed E-state index contributed by atoms with van der Waals surface area (Å²) in [7, 11) is 0. The number of para-hydroxylation sites is 1. The molecule has 2 aromatic carbocycles. The molecule has 1 N–H and O–H groups in total. The van der Waals surface area contributed by atoms with Crippen molar-refractivity contribution in [2.45, 2.75) is 111 Å². The van der Waals surface area contributed by atoms with Crippen molar-refractivity contribution in [3.8, 4) is 0 Å². The lowest BCUT2D eigenvalue weighted by molar-refractivity contribution is -0.142. The Bertz CT molecular complexity index is 1170. The molecule has 4 heteroatoms. The molecule has 0 saturated heterocycles. The first-order valence-electron chi connectivity index (χ1n) is 15.3. The normalized spacial score (nSPS) is 13.2. The molecule has 0 amide bonds. The van der Waals surface area contributed by atoms with Crippen molar-refractivity contribution in [3.05, 3.63) is 71.4 Å². The van der Waals surface area contributed by atoms with E-state index in [0.717, 1.165) is 42.1 Å². The van der Waals surface area contributed by atoms with E-state index in [-0.39, 0.29) is 11.7 Å². The van der Waals surface area contributed by atoms with E-state index in [2.05, 4.69) is 49.6 Å². The van der Waals surface area contributed by atoms with Crippen LogP contribution in [0.1, 0.15) is 119 Å². The number of rotatable bonds is 18. The molecule has 3 rings (SSSR count). The van der Waals surface area contributed by atoms with E-state index >= 15 is 0 Å². The molecule has 3 aromatic rings. The summed E-state index contributed by atoms with van der Waals surface area (Å²) in [6, 6.07) is 17.3. The molecule has 0 saturated carbocycles. The van der Waals surface area contributed by atoms with Crippen LogP contribution < -0.4 is 0 Å². The van der Waals surface area contributed by atoms with Crippen LogP contribution in [0.2, 0.25) is 0 Å². The first-order valence-corrected chi connectivity index (χ1v) is 15.3. The topological polar surface area (TPSA) is 59.3 Å². The number of carboxylic acids is 1. The zero-order chi connectivity index (χ0) is 28.2. The Hall–Kier alpha value is -2.88. The molecule has 0 aliphatic carbocycles. The molecule has 0 aliphatic rings. The van der Waals surface area contributed by atoms with Crippen LogP contribution in [0.5, 0.6) is 0 Å². The highest BCUT2D eigenvalue weighted by Crippen LogP contribution is 2.29. The number of fused-ring (bicyclic) bond motifs is 1. The summed E-state index contributed by atoms with van der Waals surface area (Å²) in [4.78, 5) is 24.6. The van der Waals surface area contributed by atoms with Gasteiger partial charge in [-0.3, -0.25) is 9.59 Å². The van der Waals surface area contributed by atoms with Crippen LogP contribution >= 0.6 is 0 Å². The molecule has 0 fully saturated rings. The molecule has 2 unspecified atom stereocenters. The summed E-state index contributed by atoms with van der Waals surface area (Å²) in [6.45, 7) is 9.34. The maximum Gasteiger partial charge on any atom is 0.306 e. The first kappa shape index (κ1) is 30.7. The molecule has 2 atom stereocenters. The number of carbonyl (C=O) groups is 2. The van der Waals surface area contributed by atoms with E-state index in [1.807, 2.05) is 37.4 Å². The Labute approximate surface area is 235 Å². The van der Waals surface area contributed by atoms with Gasteiger partial charge in [-0.2, -0.15) is 0 Å². The average Bonchev–Trinajstić information content (AvgIpc) is 3.29. The van der Waals surface area contributed by atoms with Crippen LogP contribution in [-0.2, 0) is 17.8 Å². The average molecular weight is 532 g/mol. The lowest BCUT2D eigenvalue weighted by Crippen LogP contribution is -2.15. The SMILES string of the molecule is CCCC(CCCCCCC(=O)c1cn(CCC(CC)C(=O)O)c2ccccc12)c1ccc(CC(C)C)cc1. The molecule has 0 aliphatic heterocycles. The number of aryl methyl sites for hydroxylation is 1. The van der Waals surface area contributed by atoms with Gasteiger partial charge in [-0.25, -0.2) is 0 Å². The number of aliphatic carboxylic acids is 1. The quantitative estimate of drug-likeness (QED) is 0.131. The number of aromatic nitrogens is 1. The van der Waals surface area contributed by atoms with Gasteiger partial charge in [0.05, 0.1) is 5.92 Å². The lowest BCUT2D eigenvalue weighted by atomic mass is 9.88. The number of hydrogen-bond donors (Lipinski definition) is 1. The fourth-order valence-corrected chi connectivity index (χ4v) is 5.84. The molecule has 1 aromatic heterocycles. The Balaban J connectivity index is 1.49. The minimum Gasteiger partial charge on any atom is -0.481 e. The van der Waals surface area contributed by atoms with Crippen molar-refractivity contribution in [3.63, 3.8) is 0 Å². The number of ketones is 1. The summed E-state index contributed by atoms with van der Waals surface area (Å²) in [5.41, 5.74) is 4.70. The Morgan fingerprint density at radius 1 is 0.872 bits per heavy atom. The smallest absolute Gasteiger partial charge is 0.306 e. The van der Waals surface area contributed by atoms with Crippen LogP contribution in [0, 0.1) is 11.8 Å². The number of carbonyl (C=O) groups excluding carboxylic acids is 1. The zero-order valence-corrected chi connectivity index (χ0v) is 24.6. The third-order valence-corrected chi connectivity index (χ3v) is 8.09. The van der Waals surface area contributed by atoms with Gasteiger partial charge >= 0.3 is 5.97 Å². The zero-order valence-electron chi connectivity index (χ0n) is 24.6. The summed E-state index contributed by atoms with van der Waals surface area (Å²) in [5, 5.41) is 10.4. The Kier molecular flexibility index (Phi) is 12.3. The molecule has 0 spiro atoms. The van der Waals surface area contributed by atoms with E-state index in [0.29, 0.717) is 37.6 Å². The molecule has 0 radical (unpaired) electrons. The highest BCUT2D eigenvalue weighted by atomic mass is 16.4. The highest BCUT2D eigenvalue weighted by Gasteiger charge is 2.18. The van der Waals surface area contributed by atoms with Gasteiger partial charge in [0.15, 0.2) is 5.78 Å². The molecule has 39 heavy (non-hydrogen) atoms. The fraction of sp³-hybridized carbons (Fsp3) is 0.543. The summed E-state index contributed by atoms with van der Waals surface area (Å²) in [6.07, 6.45) is 12.8. The monoisotopic (exact) mass is 531 g/mol. The van der Waals surface area contributed by atoms with Gasteiger partial charge in [0.25, 0.3) is 0 Å². The first-order chi connectivity index (χ1) is 18.8. The fourth-order valence-electron chi connectivity index (χ4n) is 5.84. The van der Waals surface area contributed by atoms with Crippen LogP contribution in [-0.4, -0.2) is 21.4 Å². The lowest BCUT2D eigenvalue weighted by Gasteiger charge is -2.17. The van der Waals surface area contributed by atoms with E-state index in [4.69, 9.17) is 0 Å². The number of hydrogen-bond acceptors (Lipinski definition) is 2. The Morgan fingerprint density at radius 3 is 2.26 bits per heavy atom. The van der Waals surface area contributed by atoms with Gasteiger partial charge in [-0.15, -0.1) is 0 Å². The molecular weight excluding hydrogens is 482 g/mol. The Morgan fingerprint density at radius 2 is 1.59 bits per heavy atom. The van der Waals surface area contributed by atoms with Crippen LogP contribution in [0.15, 0.2) is 54.7 Å². The van der Waals surface area contributed by atoms with Gasteiger partial charge in [-0.05, 0) is 67.6 Å². The number of carboxylic acid groups (broad SMARTS) is 1. The van der Waals surface area contributed by atoms with Crippen LogP contribution in [0.25, 0.3) is 10.9 Å². The predicted molar refractivity (Wildman–Crippen MR) is 163 cm³/mol. The standard InChI is InChI=1S/C35H49NO3/c1-5-13-29(30-20-18-27(19-21-30)24-26(3)4)14-9-7-8-10-17-34(37)32-25-36(23-22-28(6-2)35(38)39)33-16-12-11-15-31(32)33/h11-12,15-16,18-21,25-26,28-29H,5-10,13-14,17,22-24H2,1-4H3,(H,38,39). The van der Waals surface area contributed by atoms with Crippen LogP contribution in [0.4, 0.5) is 0 Å². The minimum absolute atomic E-state index is 0.195. The molecule has 4 nitrogen and oxygen atoms in total. The van der Waals surface area contributed by atoms with Gasteiger partial charge in [0.1, 0.15) is 0 Å². The molecule has 0 bridgehead atoms. The van der Waals surface area contributed by atoms with Gasteiger partial charge in [0.2, 0.25) is 0 Å². The number of benzene rings is 2. The van der Waals surface area contributed by atoms with E-state index < -0.39 is 5.97 Å². The van der Waals surface area contributed by atoms with Gasteiger partial charge in [0, 0.05) is 35.6 Å². The second-order valence-electron chi connectivity index (χ2n) is 11.7.